The van der Waals surface area contributed by atoms with Crippen LogP contribution >= 0.6 is 15.9 Å². The highest BCUT2D eigenvalue weighted by atomic mass is 79.9. The van der Waals surface area contributed by atoms with Gasteiger partial charge in [0.25, 0.3) is 5.56 Å². The summed E-state index contributed by atoms with van der Waals surface area (Å²) in [7, 11) is 0. The van der Waals surface area contributed by atoms with E-state index in [1.54, 1.807) is 6.20 Å². The van der Waals surface area contributed by atoms with Crippen molar-refractivity contribution >= 4 is 32.7 Å². The highest BCUT2D eigenvalue weighted by Crippen LogP contribution is 2.19. The van der Waals surface area contributed by atoms with Crippen LogP contribution in [-0.2, 0) is 6.54 Å². The Morgan fingerprint density at radius 2 is 2.05 bits per heavy atom. The number of aromatic nitrogens is 3. The maximum absolute atomic E-state index is 11.5. The zero-order valence-corrected chi connectivity index (χ0v) is 12.0. The van der Waals surface area contributed by atoms with Crippen molar-refractivity contribution in [3.63, 3.8) is 0 Å². The lowest BCUT2D eigenvalue weighted by molar-refractivity contribution is 1.05. The maximum Gasteiger partial charge on any atom is 0.267 e. The van der Waals surface area contributed by atoms with Crippen molar-refractivity contribution in [2.75, 3.05) is 5.32 Å². The summed E-state index contributed by atoms with van der Waals surface area (Å²) in [5.41, 5.74) is 1.79. The second kappa shape index (κ2) is 5.42. The van der Waals surface area contributed by atoms with Gasteiger partial charge in [0.1, 0.15) is 10.3 Å². The molecule has 5 nitrogen and oxygen atoms in total. The Bertz CT molecular complexity index is 810. The van der Waals surface area contributed by atoms with Crippen molar-refractivity contribution < 1.29 is 0 Å². The number of para-hydroxylation sites is 1. The molecule has 0 aliphatic carbocycles. The molecule has 0 amide bonds. The van der Waals surface area contributed by atoms with Gasteiger partial charge in [-0.15, -0.1) is 0 Å². The number of rotatable bonds is 3. The fourth-order valence-electron chi connectivity index (χ4n) is 2.00. The molecule has 0 aliphatic heterocycles. The van der Waals surface area contributed by atoms with E-state index < -0.39 is 0 Å². The van der Waals surface area contributed by atoms with E-state index >= 15 is 0 Å². The fraction of sp³-hybridized carbons (Fsp3) is 0.0714. The number of aromatic amines is 1. The molecule has 2 aromatic heterocycles. The van der Waals surface area contributed by atoms with Crippen molar-refractivity contribution in [1.29, 1.82) is 0 Å². The van der Waals surface area contributed by atoms with E-state index in [9.17, 15) is 4.79 Å². The third kappa shape index (κ3) is 2.42. The van der Waals surface area contributed by atoms with Crippen molar-refractivity contribution in [2.24, 2.45) is 0 Å². The monoisotopic (exact) mass is 330 g/mol. The van der Waals surface area contributed by atoms with Gasteiger partial charge in [-0.3, -0.25) is 9.78 Å². The van der Waals surface area contributed by atoms with Crippen molar-refractivity contribution in [2.45, 2.75) is 6.54 Å². The molecule has 100 valence electrons. The van der Waals surface area contributed by atoms with Crippen molar-refractivity contribution in [3.8, 4) is 0 Å². The van der Waals surface area contributed by atoms with Gasteiger partial charge in [-0.2, -0.15) is 0 Å². The first-order valence-electron chi connectivity index (χ1n) is 6.05. The number of hydrogen-bond donors (Lipinski definition) is 2. The normalized spacial score (nSPS) is 10.7. The summed E-state index contributed by atoms with van der Waals surface area (Å²) in [5, 5.41) is 4.23. The van der Waals surface area contributed by atoms with Crippen LogP contribution in [0.4, 0.5) is 5.82 Å². The van der Waals surface area contributed by atoms with Crippen LogP contribution < -0.4 is 10.9 Å². The summed E-state index contributed by atoms with van der Waals surface area (Å²) in [6.45, 7) is 0.545. The molecule has 3 rings (SSSR count). The standard InChI is InChI=1S/C14H11BrN4O/c15-11-13(18-8-19-14(11)20)17-7-10-4-1-3-9-5-2-6-16-12(9)10/h1-6,8H,7H2,(H2,17,18,19,20). The SMILES string of the molecule is O=c1[nH]cnc(NCc2cccc3cccnc23)c1Br. The molecule has 2 heterocycles. The van der Waals surface area contributed by atoms with E-state index in [0.717, 1.165) is 16.5 Å². The molecule has 3 aromatic rings. The van der Waals surface area contributed by atoms with Crippen LogP contribution in [0.15, 0.2) is 52.1 Å². The van der Waals surface area contributed by atoms with E-state index in [2.05, 4.69) is 36.2 Å². The Balaban J connectivity index is 1.91. The lowest BCUT2D eigenvalue weighted by atomic mass is 10.1. The quantitative estimate of drug-likeness (QED) is 0.774. The average molecular weight is 331 g/mol. The van der Waals surface area contributed by atoms with Crippen LogP contribution in [0.1, 0.15) is 5.56 Å². The molecule has 0 unspecified atom stereocenters. The average Bonchev–Trinajstić information content (AvgIpc) is 2.49. The Hall–Kier alpha value is -2.21. The molecule has 2 N–H and O–H groups in total. The van der Waals surface area contributed by atoms with Gasteiger partial charge in [0.05, 0.1) is 11.8 Å². The fourth-order valence-corrected chi connectivity index (χ4v) is 2.35. The lowest BCUT2D eigenvalue weighted by Gasteiger charge is -2.08. The largest absolute Gasteiger partial charge is 0.365 e. The number of hydrogen-bond acceptors (Lipinski definition) is 4. The third-order valence-corrected chi connectivity index (χ3v) is 3.69. The van der Waals surface area contributed by atoms with E-state index in [0.29, 0.717) is 16.8 Å². The third-order valence-electron chi connectivity index (χ3n) is 2.96. The van der Waals surface area contributed by atoms with Crippen LogP contribution in [-0.4, -0.2) is 15.0 Å². The number of anilines is 1. The Labute approximate surface area is 123 Å². The molecule has 0 saturated carbocycles. The van der Waals surface area contributed by atoms with Gasteiger partial charge in [-0.25, -0.2) is 4.98 Å². The van der Waals surface area contributed by atoms with E-state index in [1.165, 1.54) is 6.33 Å². The number of nitrogens with zero attached hydrogens (tertiary/aromatic N) is 2. The predicted molar refractivity (Wildman–Crippen MR) is 81.6 cm³/mol. The zero-order valence-electron chi connectivity index (χ0n) is 10.4. The van der Waals surface area contributed by atoms with E-state index in [-0.39, 0.29) is 5.56 Å². The first-order valence-corrected chi connectivity index (χ1v) is 6.84. The molecule has 0 saturated heterocycles. The number of nitrogens with one attached hydrogen (secondary N) is 2. The highest BCUT2D eigenvalue weighted by Gasteiger charge is 2.06. The molecule has 0 spiro atoms. The minimum Gasteiger partial charge on any atom is -0.365 e. The summed E-state index contributed by atoms with van der Waals surface area (Å²) in [4.78, 5) is 22.5. The molecule has 0 radical (unpaired) electrons. The van der Waals surface area contributed by atoms with Gasteiger partial charge in [0.2, 0.25) is 0 Å². The molecule has 1 aromatic carbocycles. The first-order chi connectivity index (χ1) is 9.75. The zero-order chi connectivity index (χ0) is 13.9. The van der Waals surface area contributed by atoms with E-state index in [1.807, 2.05) is 30.3 Å². The number of fused-ring (bicyclic) bond motifs is 1. The molecule has 0 bridgehead atoms. The number of pyridine rings is 1. The van der Waals surface area contributed by atoms with Gasteiger partial charge in [0.15, 0.2) is 0 Å². The summed E-state index contributed by atoms with van der Waals surface area (Å²) in [5.74, 6) is 0.515. The minimum atomic E-state index is -0.210. The molecule has 0 atom stereocenters. The summed E-state index contributed by atoms with van der Waals surface area (Å²) in [6.07, 6.45) is 3.14. The van der Waals surface area contributed by atoms with Gasteiger partial charge < -0.3 is 10.3 Å². The molecule has 20 heavy (non-hydrogen) atoms. The Kier molecular flexibility index (Phi) is 3.47. The number of benzene rings is 1. The number of halogens is 1. The first kappa shape index (κ1) is 12.8. The Morgan fingerprint density at radius 3 is 2.95 bits per heavy atom. The molecule has 0 fully saturated rings. The molecular weight excluding hydrogens is 320 g/mol. The summed E-state index contributed by atoms with van der Waals surface area (Å²) in [6, 6.07) is 9.94. The molecule has 6 heteroatoms. The second-order valence-corrected chi connectivity index (χ2v) is 5.03. The minimum absolute atomic E-state index is 0.210. The van der Waals surface area contributed by atoms with Gasteiger partial charge in [0, 0.05) is 18.1 Å². The van der Waals surface area contributed by atoms with Crippen LogP contribution in [0, 0.1) is 0 Å². The van der Waals surface area contributed by atoms with Crippen molar-refractivity contribution in [3.05, 3.63) is 63.2 Å². The Morgan fingerprint density at radius 1 is 1.20 bits per heavy atom. The van der Waals surface area contributed by atoms with Crippen molar-refractivity contribution in [1.82, 2.24) is 15.0 Å². The van der Waals surface area contributed by atoms with Crippen LogP contribution in [0.5, 0.6) is 0 Å². The summed E-state index contributed by atoms with van der Waals surface area (Å²) >= 11 is 3.22. The van der Waals surface area contributed by atoms with Crippen LogP contribution in [0.25, 0.3) is 10.9 Å². The van der Waals surface area contributed by atoms with E-state index in [4.69, 9.17) is 0 Å². The van der Waals surface area contributed by atoms with Gasteiger partial charge >= 0.3 is 0 Å². The lowest BCUT2D eigenvalue weighted by Crippen LogP contribution is -2.12. The number of H-pyrrole nitrogens is 1. The highest BCUT2D eigenvalue weighted by molar-refractivity contribution is 9.10. The van der Waals surface area contributed by atoms with Crippen LogP contribution in [0.2, 0.25) is 0 Å². The predicted octanol–water partition coefficient (Wildman–Crippen LogP) is 2.69. The molecular formula is C14H11BrN4O. The topological polar surface area (TPSA) is 70.7 Å². The maximum atomic E-state index is 11.5. The van der Waals surface area contributed by atoms with Crippen LogP contribution in [0.3, 0.4) is 0 Å². The van der Waals surface area contributed by atoms with Gasteiger partial charge in [-0.05, 0) is 27.6 Å². The molecule has 0 aliphatic rings. The second-order valence-electron chi connectivity index (χ2n) is 4.24. The van der Waals surface area contributed by atoms with Gasteiger partial charge in [-0.1, -0.05) is 24.3 Å². The smallest absolute Gasteiger partial charge is 0.267 e. The summed E-state index contributed by atoms with van der Waals surface area (Å²) < 4.78 is 0.396.